The van der Waals surface area contributed by atoms with Crippen LogP contribution in [0.4, 0.5) is 0 Å². The van der Waals surface area contributed by atoms with E-state index in [-0.39, 0.29) is 11.6 Å². The highest BCUT2D eigenvalue weighted by atomic mass is 16.5. The van der Waals surface area contributed by atoms with Gasteiger partial charge in [0.15, 0.2) is 0 Å². The number of carbonyl (C=O) groups is 1. The Morgan fingerprint density at radius 3 is 2.48 bits per heavy atom. The molecule has 0 saturated carbocycles. The Balaban J connectivity index is 1.47. The van der Waals surface area contributed by atoms with E-state index in [1.165, 1.54) is 74.6 Å². The van der Waals surface area contributed by atoms with Gasteiger partial charge in [-0.15, -0.1) is 0 Å². The van der Waals surface area contributed by atoms with Crippen molar-refractivity contribution < 1.29 is 14.3 Å². The predicted molar refractivity (Wildman–Crippen MR) is 173 cm³/mol. The average molecular weight is 579 g/mol. The first-order valence-corrected chi connectivity index (χ1v) is 17.6. The molecule has 3 unspecified atom stereocenters. The average Bonchev–Trinajstić information content (AvgIpc) is 3.01. The first-order valence-electron chi connectivity index (χ1n) is 17.6. The second kappa shape index (κ2) is 13.7. The molecule has 2 fully saturated rings. The van der Waals surface area contributed by atoms with Crippen LogP contribution in [0.2, 0.25) is 0 Å². The standard InChI is InChI=1S/C37H58N2O3/c1-7-10-11-15-26(4)28(6)30-24-31(41-33(40)17-14-21-38-20-13-12-16-27(38)5)35-32(25-30)42-37(8-2,9-3)36-34(35)29-18-22-39(36)23-19-29/h24-29H,7-23H2,1-6H3. The van der Waals surface area contributed by atoms with Gasteiger partial charge in [0, 0.05) is 25.6 Å². The zero-order chi connectivity index (χ0) is 29.9. The first kappa shape index (κ1) is 31.4. The van der Waals surface area contributed by atoms with E-state index < -0.39 is 0 Å². The number of rotatable bonds is 13. The summed E-state index contributed by atoms with van der Waals surface area (Å²) in [7, 11) is 0. The van der Waals surface area contributed by atoms with Crippen LogP contribution in [0.3, 0.4) is 0 Å². The van der Waals surface area contributed by atoms with Crippen LogP contribution in [-0.4, -0.2) is 53.6 Å². The largest absolute Gasteiger partial charge is 0.480 e. The van der Waals surface area contributed by atoms with Gasteiger partial charge in [-0.3, -0.25) is 4.79 Å². The molecule has 5 heteroatoms. The molecule has 5 heterocycles. The maximum absolute atomic E-state index is 13.5. The fourth-order valence-corrected chi connectivity index (χ4v) is 8.28. The minimum atomic E-state index is -0.303. The summed E-state index contributed by atoms with van der Waals surface area (Å²) in [6, 6.07) is 5.14. The van der Waals surface area contributed by atoms with Crippen molar-refractivity contribution in [2.45, 2.75) is 143 Å². The Hall–Kier alpha value is -2.01. The lowest BCUT2D eigenvalue weighted by Gasteiger charge is -2.53. The van der Waals surface area contributed by atoms with E-state index >= 15 is 0 Å². The quantitative estimate of drug-likeness (QED) is 0.133. The lowest BCUT2D eigenvalue weighted by Crippen LogP contribution is -2.53. The number of fused-ring (bicyclic) bond motifs is 3. The molecule has 0 amide bonds. The number of carbonyl (C=O) groups excluding carboxylic acids is 1. The van der Waals surface area contributed by atoms with Crippen LogP contribution in [0.25, 0.3) is 5.57 Å². The van der Waals surface area contributed by atoms with Crippen molar-refractivity contribution in [3.8, 4) is 11.5 Å². The summed E-state index contributed by atoms with van der Waals surface area (Å²) in [4.78, 5) is 18.6. The van der Waals surface area contributed by atoms with Crippen molar-refractivity contribution in [2.75, 3.05) is 26.2 Å². The summed E-state index contributed by atoms with van der Waals surface area (Å²) in [5.74, 6) is 3.03. The van der Waals surface area contributed by atoms with E-state index in [9.17, 15) is 4.79 Å². The van der Waals surface area contributed by atoms with Crippen LogP contribution in [0.15, 0.2) is 17.8 Å². The lowest BCUT2D eigenvalue weighted by molar-refractivity contribution is -0.134. The van der Waals surface area contributed by atoms with Gasteiger partial charge in [-0.05, 0) is 106 Å². The van der Waals surface area contributed by atoms with Crippen molar-refractivity contribution in [3.63, 3.8) is 0 Å². The van der Waals surface area contributed by atoms with Gasteiger partial charge in [0.2, 0.25) is 0 Å². The Kier molecular flexibility index (Phi) is 10.3. The third kappa shape index (κ3) is 6.28. The topological polar surface area (TPSA) is 42.0 Å². The van der Waals surface area contributed by atoms with Crippen molar-refractivity contribution >= 4 is 11.5 Å². The smallest absolute Gasteiger partial charge is 0.311 e. The highest BCUT2D eigenvalue weighted by Gasteiger charge is 2.49. The van der Waals surface area contributed by atoms with Crippen LogP contribution in [0, 0.1) is 11.8 Å². The number of ether oxygens (including phenoxy) is 2. The van der Waals surface area contributed by atoms with Crippen molar-refractivity contribution in [1.29, 1.82) is 0 Å². The van der Waals surface area contributed by atoms with E-state index in [0.717, 1.165) is 62.5 Å². The molecule has 0 aliphatic carbocycles. The van der Waals surface area contributed by atoms with Crippen LogP contribution in [-0.2, 0) is 4.79 Å². The van der Waals surface area contributed by atoms with Crippen LogP contribution < -0.4 is 9.47 Å². The summed E-state index contributed by atoms with van der Waals surface area (Å²) in [6.45, 7) is 18.2. The molecule has 0 spiro atoms. The van der Waals surface area contributed by atoms with Gasteiger partial charge in [0.05, 0.1) is 11.3 Å². The van der Waals surface area contributed by atoms with Crippen LogP contribution in [0.1, 0.15) is 142 Å². The van der Waals surface area contributed by atoms with E-state index in [2.05, 4.69) is 63.5 Å². The molecule has 0 aromatic heterocycles. The van der Waals surface area contributed by atoms with E-state index in [4.69, 9.17) is 9.47 Å². The highest BCUT2D eigenvalue weighted by molar-refractivity contribution is 5.85. The van der Waals surface area contributed by atoms with E-state index in [0.29, 0.717) is 30.2 Å². The first-order chi connectivity index (χ1) is 20.3. The molecule has 1 aromatic carbocycles. The fourth-order valence-electron chi connectivity index (χ4n) is 8.28. The molecular weight excluding hydrogens is 520 g/mol. The Morgan fingerprint density at radius 1 is 1.02 bits per heavy atom. The molecule has 0 N–H and O–H groups in total. The molecule has 5 nitrogen and oxygen atoms in total. The van der Waals surface area contributed by atoms with Gasteiger partial charge >= 0.3 is 5.97 Å². The van der Waals surface area contributed by atoms with Crippen LogP contribution >= 0.6 is 0 Å². The molecule has 3 atom stereocenters. The number of allylic oxidation sites excluding steroid dienone is 1. The molecule has 2 saturated heterocycles. The zero-order valence-corrected chi connectivity index (χ0v) is 27.6. The lowest BCUT2D eigenvalue weighted by atomic mass is 9.71. The number of piperidine rings is 2. The second-order valence-electron chi connectivity index (χ2n) is 13.9. The normalized spacial score (nSPS) is 23.3. The third-order valence-corrected chi connectivity index (χ3v) is 11.3. The molecule has 6 rings (SSSR count). The highest BCUT2D eigenvalue weighted by Crippen LogP contribution is 2.56. The minimum absolute atomic E-state index is 0.103. The van der Waals surface area contributed by atoms with Crippen molar-refractivity contribution in [1.82, 2.24) is 9.80 Å². The molecule has 0 radical (unpaired) electrons. The van der Waals surface area contributed by atoms with Crippen molar-refractivity contribution in [2.24, 2.45) is 11.8 Å². The number of unbranched alkanes of at least 4 members (excludes halogenated alkanes) is 2. The van der Waals surface area contributed by atoms with E-state index in [1.807, 2.05) is 0 Å². The van der Waals surface area contributed by atoms with Crippen molar-refractivity contribution in [3.05, 3.63) is 29.0 Å². The van der Waals surface area contributed by atoms with Gasteiger partial charge in [0.25, 0.3) is 0 Å². The molecule has 1 aromatic rings. The Bertz CT molecular complexity index is 1110. The molecule has 5 aliphatic heterocycles. The Labute approximate surface area is 256 Å². The SMILES string of the molecule is CCCCCC(C)C(C)c1cc(OC(=O)CCCN2CCCCC2C)c2c(c1)OC(CC)(CC)C1=C2C2CCN1CC2. The molecular formula is C37H58N2O3. The van der Waals surface area contributed by atoms with Gasteiger partial charge in [-0.1, -0.05) is 66.7 Å². The molecule has 2 bridgehead atoms. The minimum Gasteiger partial charge on any atom is -0.480 e. The number of nitrogens with zero attached hydrogens (tertiary/aromatic N) is 2. The summed E-state index contributed by atoms with van der Waals surface area (Å²) in [5, 5.41) is 0. The number of hydrogen-bond acceptors (Lipinski definition) is 5. The maximum Gasteiger partial charge on any atom is 0.311 e. The number of hydrogen-bond donors (Lipinski definition) is 0. The third-order valence-electron chi connectivity index (χ3n) is 11.3. The summed E-state index contributed by atoms with van der Waals surface area (Å²) >= 11 is 0. The number of benzene rings is 1. The van der Waals surface area contributed by atoms with E-state index in [1.54, 1.807) is 0 Å². The van der Waals surface area contributed by atoms with Gasteiger partial charge < -0.3 is 19.3 Å². The fraction of sp³-hybridized carbons (Fsp3) is 0.757. The summed E-state index contributed by atoms with van der Waals surface area (Å²) < 4.78 is 13.5. The molecule has 42 heavy (non-hydrogen) atoms. The summed E-state index contributed by atoms with van der Waals surface area (Å²) in [5.41, 5.74) is 4.81. The maximum atomic E-state index is 13.5. The van der Waals surface area contributed by atoms with Gasteiger partial charge in [-0.25, -0.2) is 0 Å². The summed E-state index contributed by atoms with van der Waals surface area (Å²) in [6.07, 6.45) is 14.4. The molecule has 5 aliphatic rings. The zero-order valence-electron chi connectivity index (χ0n) is 27.6. The van der Waals surface area contributed by atoms with Crippen LogP contribution in [0.5, 0.6) is 11.5 Å². The number of likely N-dealkylation sites (tertiary alicyclic amines) is 1. The predicted octanol–water partition coefficient (Wildman–Crippen LogP) is 8.95. The van der Waals surface area contributed by atoms with Gasteiger partial charge in [-0.2, -0.15) is 0 Å². The monoisotopic (exact) mass is 578 g/mol. The molecule has 234 valence electrons. The van der Waals surface area contributed by atoms with Gasteiger partial charge in [0.1, 0.15) is 17.1 Å². The second-order valence-corrected chi connectivity index (χ2v) is 13.9. The number of esters is 1. The Morgan fingerprint density at radius 2 is 1.79 bits per heavy atom.